The zero-order valence-corrected chi connectivity index (χ0v) is 11.5. The van der Waals surface area contributed by atoms with Crippen molar-refractivity contribution in [3.8, 4) is 0 Å². The highest BCUT2D eigenvalue weighted by Gasteiger charge is 2.34. The molecule has 0 spiro atoms. The molecule has 2 bridgehead atoms. The van der Waals surface area contributed by atoms with E-state index in [1.807, 2.05) is 0 Å². The van der Waals surface area contributed by atoms with Crippen molar-refractivity contribution in [3.05, 3.63) is 89.5 Å². The number of hydrogen-bond donors (Lipinski definition) is 0. The molecule has 5 rings (SSSR count). The van der Waals surface area contributed by atoms with Crippen LogP contribution >= 0.6 is 0 Å². The molecule has 2 aromatic carbocycles. The fourth-order valence-corrected chi connectivity index (χ4v) is 3.45. The van der Waals surface area contributed by atoms with E-state index in [-0.39, 0.29) is 0 Å². The Labute approximate surface area is 120 Å². The first-order chi connectivity index (χ1) is 9.92. The van der Waals surface area contributed by atoms with Gasteiger partial charge in [0.1, 0.15) is 0 Å². The van der Waals surface area contributed by atoms with Crippen LogP contribution in [0.3, 0.4) is 0 Å². The van der Waals surface area contributed by atoms with Gasteiger partial charge in [0.15, 0.2) is 0 Å². The fraction of sp³-hybridized carbons (Fsp3) is 0.200. The SMILES string of the molecule is C1=CC2CC(C2)C1=C(c1ccccc1)c1ccccc1. The third-order valence-corrected chi connectivity index (χ3v) is 4.58. The van der Waals surface area contributed by atoms with Gasteiger partial charge in [0, 0.05) is 0 Å². The van der Waals surface area contributed by atoms with Crippen LogP contribution < -0.4 is 0 Å². The van der Waals surface area contributed by atoms with Crippen molar-refractivity contribution in [1.29, 1.82) is 0 Å². The van der Waals surface area contributed by atoms with Gasteiger partial charge >= 0.3 is 0 Å². The Hall–Kier alpha value is -2.08. The third-order valence-electron chi connectivity index (χ3n) is 4.58. The molecule has 0 aromatic heterocycles. The van der Waals surface area contributed by atoms with Gasteiger partial charge in [-0.3, -0.25) is 0 Å². The lowest BCUT2D eigenvalue weighted by Gasteiger charge is -2.40. The minimum Gasteiger partial charge on any atom is -0.0811 e. The van der Waals surface area contributed by atoms with Crippen molar-refractivity contribution in [2.24, 2.45) is 11.8 Å². The smallest absolute Gasteiger partial charge is 0.00766 e. The summed E-state index contributed by atoms with van der Waals surface area (Å²) in [7, 11) is 0. The maximum atomic E-state index is 2.40. The normalized spacial score (nSPS) is 23.3. The van der Waals surface area contributed by atoms with Crippen LogP contribution in [0, 0.1) is 11.8 Å². The molecule has 0 heteroatoms. The quantitative estimate of drug-likeness (QED) is 0.704. The molecule has 3 aliphatic rings. The van der Waals surface area contributed by atoms with Gasteiger partial charge in [-0.2, -0.15) is 0 Å². The summed E-state index contributed by atoms with van der Waals surface area (Å²) in [6.45, 7) is 0. The van der Waals surface area contributed by atoms with Crippen molar-refractivity contribution in [2.45, 2.75) is 12.8 Å². The highest BCUT2D eigenvalue weighted by molar-refractivity contribution is 5.84. The number of allylic oxidation sites excluding steroid dienone is 3. The minimum absolute atomic E-state index is 0.764. The Morgan fingerprint density at radius 1 is 0.750 bits per heavy atom. The van der Waals surface area contributed by atoms with E-state index in [0.717, 1.165) is 11.8 Å². The molecule has 0 unspecified atom stereocenters. The molecule has 0 aliphatic heterocycles. The van der Waals surface area contributed by atoms with Gasteiger partial charge < -0.3 is 0 Å². The molecule has 98 valence electrons. The predicted molar refractivity (Wildman–Crippen MR) is 84.3 cm³/mol. The van der Waals surface area contributed by atoms with Gasteiger partial charge in [0.25, 0.3) is 0 Å². The Kier molecular flexibility index (Phi) is 2.81. The summed E-state index contributed by atoms with van der Waals surface area (Å²) in [5.74, 6) is 1.61. The van der Waals surface area contributed by atoms with E-state index in [1.165, 1.54) is 35.1 Å². The molecule has 1 saturated carbocycles. The molecular weight excluding hydrogens is 240 g/mol. The second-order valence-corrected chi connectivity index (χ2v) is 5.85. The molecular formula is C20H18. The van der Waals surface area contributed by atoms with Crippen molar-refractivity contribution in [3.63, 3.8) is 0 Å². The van der Waals surface area contributed by atoms with Crippen LogP contribution in [0.5, 0.6) is 0 Å². The molecule has 0 radical (unpaired) electrons. The molecule has 0 N–H and O–H groups in total. The minimum atomic E-state index is 0.764. The maximum absolute atomic E-state index is 2.40. The van der Waals surface area contributed by atoms with E-state index < -0.39 is 0 Å². The van der Waals surface area contributed by atoms with Crippen LogP contribution in [-0.4, -0.2) is 0 Å². The van der Waals surface area contributed by atoms with Crippen LogP contribution in [0.4, 0.5) is 0 Å². The van der Waals surface area contributed by atoms with Gasteiger partial charge in [0.2, 0.25) is 0 Å². The summed E-state index contributed by atoms with van der Waals surface area (Å²) in [5, 5.41) is 0. The highest BCUT2D eigenvalue weighted by atomic mass is 14.4. The first kappa shape index (κ1) is 11.7. The van der Waals surface area contributed by atoms with Gasteiger partial charge in [-0.05, 0) is 47.0 Å². The Bertz CT molecular complexity index is 614. The topological polar surface area (TPSA) is 0 Å². The second kappa shape index (κ2) is 4.79. The van der Waals surface area contributed by atoms with Crippen molar-refractivity contribution in [1.82, 2.24) is 0 Å². The summed E-state index contributed by atoms with van der Waals surface area (Å²) in [4.78, 5) is 0. The molecule has 20 heavy (non-hydrogen) atoms. The zero-order chi connectivity index (χ0) is 13.4. The van der Waals surface area contributed by atoms with E-state index in [1.54, 1.807) is 0 Å². The lowest BCUT2D eigenvalue weighted by atomic mass is 9.65. The lowest BCUT2D eigenvalue weighted by molar-refractivity contribution is 0.273. The van der Waals surface area contributed by atoms with Gasteiger partial charge in [-0.1, -0.05) is 72.8 Å². The zero-order valence-electron chi connectivity index (χ0n) is 11.5. The molecule has 0 nitrogen and oxygen atoms in total. The average Bonchev–Trinajstić information content (AvgIpc) is 2.49. The first-order valence-corrected chi connectivity index (χ1v) is 7.45. The van der Waals surface area contributed by atoms with E-state index in [4.69, 9.17) is 0 Å². The summed E-state index contributed by atoms with van der Waals surface area (Å²) in [6.07, 6.45) is 7.46. The van der Waals surface area contributed by atoms with Crippen LogP contribution in [0.1, 0.15) is 24.0 Å². The summed E-state index contributed by atoms with van der Waals surface area (Å²) in [6, 6.07) is 21.6. The van der Waals surface area contributed by atoms with E-state index in [0.29, 0.717) is 0 Å². The summed E-state index contributed by atoms with van der Waals surface area (Å²) >= 11 is 0. The Balaban J connectivity index is 1.92. The number of hydrogen-bond acceptors (Lipinski definition) is 0. The molecule has 0 saturated heterocycles. The molecule has 0 amide bonds. The maximum Gasteiger partial charge on any atom is -0.00766 e. The van der Waals surface area contributed by atoms with Crippen molar-refractivity contribution >= 4 is 5.57 Å². The van der Waals surface area contributed by atoms with Gasteiger partial charge in [0.05, 0.1) is 0 Å². The standard InChI is InChI=1S/C20H18/c1-3-7-16(8-4-1)20(17-9-5-2-6-10-17)19-12-11-15-13-18(19)14-15/h1-12,15,18H,13-14H2. The number of rotatable bonds is 2. The van der Waals surface area contributed by atoms with Gasteiger partial charge in [-0.25, -0.2) is 0 Å². The molecule has 0 heterocycles. The number of benzene rings is 2. The van der Waals surface area contributed by atoms with Crippen molar-refractivity contribution in [2.75, 3.05) is 0 Å². The predicted octanol–water partition coefficient (Wildman–Crippen LogP) is 5.08. The molecule has 3 aliphatic carbocycles. The van der Waals surface area contributed by atoms with Crippen LogP contribution in [0.25, 0.3) is 5.57 Å². The number of fused-ring (bicyclic) bond motifs is 1. The molecule has 2 aromatic rings. The van der Waals surface area contributed by atoms with Crippen molar-refractivity contribution < 1.29 is 0 Å². The van der Waals surface area contributed by atoms with E-state index in [2.05, 4.69) is 72.8 Å². The third kappa shape index (κ3) is 1.92. The lowest BCUT2D eigenvalue weighted by Crippen LogP contribution is -2.27. The second-order valence-electron chi connectivity index (χ2n) is 5.85. The van der Waals surface area contributed by atoms with Crippen LogP contribution in [0.15, 0.2) is 78.4 Å². The van der Waals surface area contributed by atoms with Gasteiger partial charge in [-0.15, -0.1) is 0 Å². The molecule has 0 atom stereocenters. The van der Waals surface area contributed by atoms with E-state index in [9.17, 15) is 0 Å². The van der Waals surface area contributed by atoms with Crippen LogP contribution in [-0.2, 0) is 0 Å². The Morgan fingerprint density at radius 3 is 1.75 bits per heavy atom. The monoisotopic (exact) mass is 258 g/mol. The summed E-state index contributed by atoms with van der Waals surface area (Å²) < 4.78 is 0. The van der Waals surface area contributed by atoms with E-state index >= 15 is 0 Å². The average molecular weight is 258 g/mol. The fourth-order valence-electron chi connectivity index (χ4n) is 3.45. The molecule has 1 fully saturated rings. The highest BCUT2D eigenvalue weighted by Crippen LogP contribution is 2.47. The first-order valence-electron chi connectivity index (χ1n) is 7.45. The van der Waals surface area contributed by atoms with Crippen LogP contribution in [0.2, 0.25) is 0 Å². The Morgan fingerprint density at radius 2 is 1.30 bits per heavy atom. The summed E-state index contributed by atoms with van der Waals surface area (Å²) in [5.41, 5.74) is 5.63. The largest absolute Gasteiger partial charge is 0.0811 e.